The van der Waals surface area contributed by atoms with Crippen molar-refractivity contribution in [1.29, 1.82) is 0 Å². The summed E-state index contributed by atoms with van der Waals surface area (Å²) in [5.74, 6) is 1.50. The van der Waals surface area contributed by atoms with Gasteiger partial charge in [0.05, 0.1) is 17.4 Å². The first-order valence-corrected chi connectivity index (χ1v) is 11.3. The fourth-order valence-corrected chi connectivity index (χ4v) is 4.51. The first-order valence-electron chi connectivity index (χ1n) is 10.5. The molecule has 0 bridgehead atoms. The molecule has 4 aromatic rings. The normalized spacial score (nSPS) is 11.7. The number of anilines is 1. The quantitative estimate of drug-likeness (QED) is 0.326. The molecule has 8 heteroatoms. The predicted molar refractivity (Wildman–Crippen MR) is 128 cm³/mol. The summed E-state index contributed by atoms with van der Waals surface area (Å²) in [7, 11) is 1.64. The van der Waals surface area contributed by atoms with Crippen molar-refractivity contribution in [2.75, 3.05) is 25.1 Å². The molecule has 1 heterocycles. The number of nitrogens with two attached hydrogens (primary N) is 1. The van der Waals surface area contributed by atoms with Gasteiger partial charge in [0.1, 0.15) is 11.6 Å². The minimum atomic E-state index is -4.37. The monoisotopic (exact) mass is 471 g/mol. The third-order valence-electron chi connectivity index (χ3n) is 5.46. The molecule has 1 aromatic heterocycles. The van der Waals surface area contributed by atoms with E-state index in [0.717, 1.165) is 51.8 Å². The lowest BCUT2D eigenvalue weighted by Crippen LogP contribution is -2.26. The van der Waals surface area contributed by atoms with Crippen LogP contribution in [-0.4, -0.2) is 24.6 Å². The van der Waals surface area contributed by atoms with Crippen molar-refractivity contribution < 1.29 is 17.9 Å². The van der Waals surface area contributed by atoms with Gasteiger partial charge >= 0.3 is 6.18 Å². The lowest BCUT2D eigenvalue weighted by atomic mass is 10.0. The van der Waals surface area contributed by atoms with Crippen molar-refractivity contribution in [3.63, 3.8) is 0 Å². The average molecular weight is 472 g/mol. The molecule has 0 aliphatic heterocycles. The van der Waals surface area contributed by atoms with Crippen LogP contribution in [0.5, 0.6) is 5.75 Å². The van der Waals surface area contributed by atoms with Crippen LogP contribution in [-0.2, 0) is 12.7 Å². The number of hydrogen-bond donors (Lipinski definition) is 1. The summed E-state index contributed by atoms with van der Waals surface area (Å²) in [6.45, 7) is 1.77. The lowest BCUT2D eigenvalue weighted by Gasteiger charge is -2.23. The van der Waals surface area contributed by atoms with E-state index in [4.69, 9.17) is 10.5 Å². The summed E-state index contributed by atoms with van der Waals surface area (Å²) in [6, 6.07) is 19.9. The maximum absolute atomic E-state index is 13.1. The number of alkyl halides is 3. The summed E-state index contributed by atoms with van der Waals surface area (Å²) in [6.07, 6.45) is -3.62. The third kappa shape index (κ3) is 5.29. The van der Waals surface area contributed by atoms with E-state index in [9.17, 15) is 13.2 Å². The highest BCUT2D eigenvalue weighted by Gasteiger charge is 2.31. The van der Waals surface area contributed by atoms with Gasteiger partial charge < -0.3 is 15.4 Å². The van der Waals surface area contributed by atoms with E-state index in [2.05, 4.69) is 33.5 Å². The van der Waals surface area contributed by atoms with E-state index in [1.54, 1.807) is 7.11 Å². The Bertz CT molecular complexity index is 1200. The molecule has 4 nitrogen and oxygen atoms in total. The Kier molecular flexibility index (Phi) is 6.85. The topological polar surface area (TPSA) is 51.4 Å². The second-order valence-corrected chi connectivity index (χ2v) is 8.51. The number of ether oxygens (including phenoxy) is 1. The zero-order valence-corrected chi connectivity index (χ0v) is 18.9. The van der Waals surface area contributed by atoms with Crippen LogP contribution >= 0.6 is 11.5 Å². The minimum Gasteiger partial charge on any atom is -0.497 e. The Balaban J connectivity index is 1.58. The summed E-state index contributed by atoms with van der Waals surface area (Å²) in [5.41, 5.74) is 8.33. The Hall–Kier alpha value is -3.10. The molecule has 0 aliphatic carbocycles. The molecule has 0 saturated heterocycles. The van der Waals surface area contributed by atoms with Crippen molar-refractivity contribution >= 4 is 27.4 Å². The molecular weight excluding hydrogens is 447 g/mol. The van der Waals surface area contributed by atoms with E-state index in [1.165, 1.54) is 12.1 Å². The van der Waals surface area contributed by atoms with E-state index in [-0.39, 0.29) is 0 Å². The first-order chi connectivity index (χ1) is 15.9. The number of benzene rings is 3. The fraction of sp³-hybridized carbons (Fsp3) is 0.240. The Labute approximate surface area is 194 Å². The van der Waals surface area contributed by atoms with Crippen LogP contribution in [0, 0.1) is 0 Å². The van der Waals surface area contributed by atoms with Gasteiger partial charge in [-0.3, -0.25) is 0 Å². The Morgan fingerprint density at radius 2 is 1.64 bits per heavy atom. The van der Waals surface area contributed by atoms with Crippen LogP contribution in [0.25, 0.3) is 21.2 Å². The molecule has 0 amide bonds. The number of nitrogens with zero attached hydrogens (tertiary/aromatic N) is 2. The van der Waals surface area contributed by atoms with Gasteiger partial charge in [0.15, 0.2) is 0 Å². The number of hydrogen-bond acceptors (Lipinski definition) is 5. The molecule has 0 unspecified atom stereocenters. The van der Waals surface area contributed by atoms with Gasteiger partial charge in [-0.25, -0.2) is 0 Å². The number of halogens is 3. The first kappa shape index (κ1) is 23.1. The zero-order valence-electron chi connectivity index (χ0n) is 18.1. The van der Waals surface area contributed by atoms with Crippen molar-refractivity contribution in [3.8, 4) is 16.9 Å². The number of methoxy groups -OCH3 is 1. The largest absolute Gasteiger partial charge is 0.497 e. The van der Waals surface area contributed by atoms with E-state index in [0.29, 0.717) is 30.2 Å². The summed E-state index contributed by atoms with van der Waals surface area (Å²) < 4.78 is 49.5. The molecule has 3 aromatic carbocycles. The van der Waals surface area contributed by atoms with E-state index >= 15 is 0 Å². The maximum Gasteiger partial charge on any atom is 0.416 e. The predicted octanol–water partition coefficient (Wildman–Crippen LogP) is 6.35. The van der Waals surface area contributed by atoms with E-state index < -0.39 is 11.7 Å². The Morgan fingerprint density at radius 1 is 0.970 bits per heavy atom. The summed E-state index contributed by atoms with van der Waals surface area (Å²) in [5, 5.41) is 0.722. The van der Waals surface area contributed by atoms with Gasteiger partial charge in [-0.2, -0.15) is 17.5 Å². The van der Waals surface area contributed by atoms with Crippen LogP contribution in [0.15, 0.2) is 66.7 Å². The number of aromatic nitrogens is 1. The molecular formula is C25H24F3N3OS. The summed E-state index contributed by atoms with van der Waals surface area (Å²) in [4.78, 5) is 2.08. The molecule has 2 N–H and O–H groups in total. The van der Waals surface area contributed by atoms with Crippen LogP contribution < -0.4 is 15.4 Å². The smallest absolute Gasteiger partial charge is 0.416 e. The zero-order chi connectivity index (χ0) is 23.4. The third-order valence-corrected chi connectivity index (χ3v) is 6.26. The molecule has 0 spiro atoms. The molecule has 172 valence electrons. The van der Waals surface area contributed by atoms with Gasteiger partial charge in [0, 0.05) is 18.5 Å². The highest BCUT2D eigenvalue weighted by Crippen LogP contribution is 2.36. The van der Waals surface area contributed by atoms with Gasteiger partial charge in [-0.15, -0.1) is 0 Å². The molecule has 0 fully saturated rings. The number of rotatable bonds is 8. The SMILES string of the molecule is COc1ccc(-c2ccc(CN(CCCN)c3nsc4cc(C(F)(F)F)ccc34)cc2)cc1. The lowest BCUT2D eigenvalue weighted by molar-refractivity contribution is -0.137. The van der Waals surface area contributed by atoms with Crippen molar-refractivity contribution in [1.82, 2.24) is 4.37 Å². The van der Waals surface area contributed by atoms with Gasteiger partial charge in [0.25, 0.3) is 0 Å². The molecule has 33 heavy (non-hydrogen) atoms. The van der Waals surface area contributed by atoms with Crippen LogP contribution in [0.1, 0.15) is 17.5 Å². The highest BCUT2D eigenvalue weighted by molar-refractivity contribution is 7.13. The number of fused-ring (bicyclic) bond motifs is 1. The minimum absolute atomic E-state index is 0.521. The molecule has 0 atom stereocenters. The molecule has 0 saturated carbocycles. The van der Waals surface area contributed by atoms with Crippen LogP contribution in [0.2, 0.25) is 0 Å². The second-order valence-electron chi connectivity index (χ2n) is 7.70. The van der Waals surface area contributed by atoms with Crippen molar-refractivity contribution in [2.45, 2.75) is 19.1 Å². The fourth-order valence-electron chi connectivity index (χ4n) is 3.68. The molecule has 0 aliphatic rings. The van der Waals surface area contributed by atoms with Crippen molar-refractivity contribution in [3.05, 3.63) is 77.9 Å². The van der Waals surface area contributed by atoms with Crippen LogP contribution in [0.4, 0.5) is 19.0 Å². The van der Waals surface area contributed by atoms with Crippen LogP contribution in [0.3, 0.4) is 0 Å². The molecule has 4 rings (SSSR count). The highest BCUT2D eigenvalue weighted by atomic mass is 32.1. The van der Waals surface area contributed by atoms with Gasteiger partial charge in [0.2, 0.25) is 0 Å². The standard InChI is InChI=1S/C25H24F3N3OS/c1-32-21-10-7-19(8-11-21)18-5-3-17(4-6-18)16-31(14-2-13-29)24-22-12-9-20(25(26,27)28)15-23(22)33-30-24/h3-12,15H,2,13-14,16,29H2,1H3. The maximum atomic E-state index is 13.1. The molecule has 0 radical (unpaired) electrons. The summed E-state index contributed by atoms with van der Waals surface area (Å²) >= 11 is 1.09. The van der Waals surface area contributed by atoms with E-state index in [1.807, 2.05) is 24.3 Å². The van der Waals surface area contributed by atoms with Crippen molar-refractivity contribution in [2.24, 2.45) is 5.73 Å². The Morgan fingerprint density at radius 3 is 2.24 bits per heavy atom. The average Bonchev–Trinajstić information content (AvgIpc) is 3.25. The second kappa shape index (κ2) is 9.80. The van der Waals surface area contributed by atoms with Gasteiger partial charge in [-0.1, -0.05) is 36.4 Å². The van der Waals surface area contributed by atoms with Gasteiger partial charge in [-0.05, 0) is 71.5 Å².